The minimum atomic E-state index is -0.501. The average molecular weight is 473 g/mol. The Bertz CT molecular complexity index is 1010. The highest BCUT2D eigenvalue weighted by Gasteiger charge is 2.26. The fraction of sp³-hybridized carbons (Fsp3) is 0.333. The maximum absolute atomic E-state index is 13.2. The molecule has 0 aliphatic carbocycles. The third-order valence-electron chi connectivity index (χ3n) is 4.13. The van der Waals surface area contributed by atoms with Gasteiger partial charge in [0.2, 0.25) is 0 Å². The SMILES string of the molecule is COc1ccc(OC)c2sc(N(CCN(C)C)C(=O)c3ccc([N+](=O)[O-])s3)nc12.Cl. The Morgan fingerprint density at radius 2 is 1.77 bits per heavy atom. The second-order valence-corrected chi connectivity index (χ2v) is 8.34. The predicted octanol–water partition coefficient (Wildman–Crippen LogP) is 3.91. The zero-order valence-corrected chi connectivity index (χ0v) is 19.2. The minimum Gasteiger partial charge on any atom is -0.495 e. The highest BCUT2D eigenvalue weighted by molar-refractivity contribution is 7.23. The summed E-state index contributed by atoms with van der Waals surface area (Å²) in [5.41, 5.74) is 0.603. The first-order chi connectivity index (χ1) is 13.8. The lowest BCUT2D eigenvalue weighted by Crippen LogP contribution is -2.36. The second-order valence-electron chi connectivity index (χ2n) is 6.30. The molecule has 162 valence electrons. The second kappa shape index (κ2) is 10.0. The van der Waals surface area contributed by atoms with Crippen LogP contribution in [0.2, 0.25) is 0 Å². The first-order valence-electron chi connectivity index (χ1n) is 8.58. The number of rotatable bonds is 8. The smallest absolute Gasteiger partial charge is 0.324 e. The van der Waals surface area contributed by atoms with Gasteiger partial charge in [-0.15, -0.1) is 12.4 Å². The summed E-state index contributed by atoms with van der Waals surface area (Å²) in [6, 6.07) is 6.37. The number of thiazole rings is 1. The maximum Gasteiger partial charge on any atom is 0.324 e. The van der Waals surface area contributed by atoms with Crippen LogP contribution < -0.4 is 14.4 Å². The number of anilines is 1. The lowest BCUT2D eigenvalue weighted by Gasteiger charge is -2.21. The zero-order valence-electron chi connectivity index (χ0n) is 16.8. The maximum atomic E-state index is 13.2. The molecule has 0 fully saturated rings. The molecule has 0 unspecified atom stereocenters. The van der Waals surface area contributed by atoms with Crippen LogP contribution in [-0.4, -0.2) is 62.1 Å². The van der Waals surface area contributed by atoms with Crippen molar-refractivity contribution in [3.63, 3.8) is 0 Å². The zero-order chi connectivity index (χ0) is 21.1. The molecule has 0 radical (unpaired) electrons. The normalized spacial score (nSPS) is 10.7. The van der Waals surface area contributed by atoms with Gasteiger partial charge >= 0.3 is 5.00 Å². The molecule has 0 saturated heterocycles. The topological polar surface area (TPSA) is 98.0 Å². The van der Waals surface area contributed by atoms with Crippen molar-refractivity contribution in [2.45, 2.75) is 0 Å². The van der Waals surface area contributed by atoms with Gasteiger partial charge in [0.05, 0.1) is 24.0 Å². The third kappa shape index (κ3) is 4.81. The van der Waals surface area contributed by atoms with E-state index in [-0.39, 0.29) is 28.2 Å². The third-order valence-corrected chi connectivity index (χ3v) is 6.25. The molecule has 0 atom stereocenters. The largest absolute Gasteiger partial charge is 0.495 e. The summed E-state index contributed by atoms with van der Waals surface area (Å²) in [6.07, 6.45) is 0. The number of carbonyl (C=O) groups is 1. The number of ether oxygens (including phenoxy) is 2. The van der Waals surface area contributed by atoms with Crippen LogP contribution in [0, 0.1) is 10.1 Å². The molecule has 9 nitrogen and oxygen atoms in total. The molecular weight excluding hydrogens is 452 g/mol. The van der Waals surface area contributed by atoms with Crippen LogP contribution >= 0.6 is 35.1 Å². The number of nitro groups is 1. The number of hydrogen-bond donors (Lipinski definition) is 0. The Labute approximate surface area is 187 Å². The summed E-state index contributed by atoms with van der Waals surface area (Å²) in [6.45, 7) is 0.978. The van der Waals surface area contributed by atoms with E-state index in [1.807, 2.05) is 19.0 Å². The van der Waals surface area contributed by atoms with Gasteiger partial charge in [-0.1, -0.05) is 22.7 Å². The number of methoxy groups -OCH3 is 2. The van der Waals surface area contributed by atoms with Gasteiger partial charge in [0.15, 0.2) is 5.13 Å². The van der Waals surface area contributed by atoms with Crippen LogP contribution in [0.3, 0.4) is 0 Å². The predicted molar refractivity (Wildman–Crippen MR) is 121 cm³/mol. The Morgan fingerprint density at radius 3 is 2.33 bits per heavy atom. The van der Waals surface area contributed by atoms with Gasteiger partial charge in [0.1, 0.15) is 21.7 Å². The summed E-state index contributed by atoms with van der Waals surface area (Å²) in [5, 5.41) is 11.4. The number of halogens is 1. The number of benzene rings is 1. The summed E-state index contributed by atoms with van der Waals surface area (Å²) in [4.78, 5) is 32.1. The Morgan fingerprint density at radius 1 is 1.10 bits per heavy atom. The van der Waals surface area contributed by atoms with Crippen molar-refractivity contribution in [3.05, 3.63) is 39.3 Å². The van der Waals surface area contributed by atoms with Gasteiger partial charge in [-0.05, 0) is 32.3 Å². The van der Waals surface area contributed by atoms with Gasteiger partial charge in [-0.2, -0.15) is 0 Å². The van der Waals surface area contributed by atoms with Crippen LogP contribution in [-0.2, 0) is 0 Å². The molecule has 0 aliphatic heterocycles. The Kier molecular flexibility index (Phi) is 7.96. The highest BCUT2D eigenvalue weighted by Crippen LogP contribution is 2.40. The molecular formula is C18H21ClN4O5S2. The minimum absolute atomic E-state index is 0. The van der Waals surface area contributed by atoms with Crippen molar-refractivity contribution < 1.29 is 19.2 Å². The molecule has 12 heteroatoms. The van der Waals surface area contributed by atoms with E-state index in [1.54, 1.807) is 31.3 Å². The Hall–Kier alpha value is -2.47. The molecule has 0 N–H and O–H groups in total. The number of hydrogen-bond acceptors (Lipinski definition) is 9. The van der Waals surface area contributed by atoms with Gasteiger partial charge in [-0.25, -0.2) is 4.98 Å². The molecule has 3 rings (SSSR count). The number of carbonyl (C=O) groups excluding carboxylic acids is 1. The lowest BCUT2D eigenvalue weighted by molar-refractivity contribution is -0.380. The monoisotopic (exact) mass is 472 g/mol. The van der Waals surface area contributed by atoms with E-state index in [0.29, 0.717) is 35.2 Å². The summed E-state index contributed by atoms with van der Waals surface area (Å²) >= 11 is 2.17. The first-order valence-corrected chi connectivity index (χ1v) is 10.2. The number of fused-ring (bicyclic) bond motifs is 1. The summed E-state index contributed by atoms with van der Waals surface area (Å²) < 4.78 is 11.6. The molecule has 0 spiro atoms. The highest BCUT2D eigenvalue weighted by atomic mass is 35.5. The van der Waals surface area contributed by atoms with Crippen molar-refractivity contribution in [2.24, 2.45) is 0 Å². The summed E-state index contributed by atoms with van der Waals surface area (Å²) in [7, 11) is 6.94. The van der Waals surface area contributed by atoms with Gasteiger partial charge in [0.25, 0.3) is 5.91 Å². The molecule has 0 saturated carbocycles. The van der Waals surface area contributed by atoms with Crippen LogP contribution in [0.25, 0.3) is 10.2 Å². The molecule has 0 aliphatic rings. The van der Waals surface area contributed by atoms with E-state index in [2.05, 4.69) is 4.98 Å². The van der Waals surface area contributed by atoms with Gasteiger partial charge in [0, 0.05) is 19.2 Å². The number of aromatic nitrogens is 1. The number of thiophene rings is 1. The van der Waals surface area contributed by atoms with E-state index in [0.717, 1.165) is 16.0 Å². The molecule has 30 heavy (non-hydrogen) atoms. The number of likely N-dealkylation sites (N-methyl/N-ethyl adjacent to an activating group) is 1. The van der Waals surface area contributed by atoms with Gasteiger partial charge in [-0.3, -0.25) is 19.8 Å². The van der Waals surface area contributed by atoms with Crippen LogP contribution in [0.5, 0.6) is 11.5 Å². The fourth-order valence-electron chi connectivity index (χ4n) is 2.65. The van der Waals surface area contributed by atoms with E-state index in [1.165, 1.54) is 23.5 Å². The molecule has 3 aromatic rings. The summed E-state index contributed by atoms with van der Waals surface area (Å²) in [5.74, 6) is 0.883. The molecule has 2 aromatic heterocycles. The van der Waals surface area contributed by atoms with E-state index in [4.69, 9.17) is 9.47 Å². The van der Waals surface area contributed by atoms with Crippen LogP contribution in [0.1, 0.15) is 9.67 Å². The number of amides is 1. The average Bonchev–Trinajstić information content (AvgIpc) is 3.34. The fourth-order valence-corrected chi connectivity index (χ4v) is 4.52. The lowest BCUT2D eigenvalue weighted by atomic mass is 10.3. The first kappa shape index (κ1) is 23.8. The van der Waals surface area contributed by atoms with E-state index in [9.17, 15) is 14.9 Å². The molecule has 2 heterocycles. The molecule has 1 aromatic carbocycles. The quantitative estimate of drug-likeness (QED) is 0.362. The number of nitrogens with zero attached hydrogens (tertiary/aromatic N) is 4. The van der Waals surface area contributed by atoms with E-state index < -0.39 is 4.92 Å². The van der Waals surface area contributed by atoms with Crippen LogP contribution in [0.4, 0.5) is 10.1 Å². The Balaban J connectivity index is 0.00000320. The molecule has 0 bridgehead atoms. The van der Waals surface area contributed by atoms with Crippen molar-refractivity contribution >= 4 is 61.3 Å². The standard InChI is InChI=1S/C18H20N4O5S2.ClH/c1-20(2)9-10-21(17(23)13-7-8-14(28-13)22(24)25)18-19-15-11(26-3)5-6-12(27-4)16(15)29-18;/h5-8H,9-10H2,1-4H3;1H. The van der Waals surface area contributed by atoms with Crippen molar-refractivity contribution in [1.29, 1.82) is 0 Å². The van der Waals surface area contributed by atoms with Crippen molar-refractivity contribution in [2.75, 3.05) is 46.3 Å². The van der Waals surface area contributed by atoms with Gasteiger partial charge < -0.3 is 14.4 Å². The molecule has 1 amide bonds. The van der Waals surface area contributed by atoms with E-state index >= 15 is 0 Å². The van der Waals surface area contributed by atoms with Crippen molar-refractivity contribution in [3.8, 4) is 11.5 Å². The van der Waals surface area contributed by atoms with Crippen LogP contribution in [0.15, 0.2) is 24.3 Å². The van der Waals surface area contributed by atoms with Crippen molar-refractivity contribution in [1.82, 2.24) is 9.88 Å².